The van der Waals surface area contributed by atoms with Gasteiger partial charge >= 0.3 is 0 Å². The van der Waals surface area contributed by atoms with Gasteiger partial charge < -0.3 is 5.32 Å². The van der Waals surface area contributed by atoms with E-state index < -0.39 is 0 Å². The normalized spacial score (nSPS) is 27.1. The van der Waals surface area contributed by atoms with Crippen LogP contribution in [0.2, 0.25) is 0 Å². The van der Waals surface area contributed by atoms with Gasteiger partial charge in [-0.25, -0.2) is 0 Å². The van der Waals surface area contributed by atoms with Crippen LogP contribution < -0.4 is 5.32 Å². The molecule has 0 amide bonds. The summed E-state index contributed by atoms with van der Waals surface area (Å²) >= 11 is 0. The van der Waals surface area contributed by atoms with E-state index in [1.54, 1.807) is 0 Å². The standard InChI is InChI=1S/C16H30N2/c1-6-8-9-10-18-12-15(14(5)7-2)17-11-16(18)13(3)4/h1,13-17H,7-12H2,2-5H3. The second-order valence-corrected chi connectivity index (χ2v) is 6.01. The van der Waals surface area contributed by atoms with E-state index in [1.165, 1.54) is 13.0 Å². The summed E-state index contributed by atoms with van der Waals surface area (Å²) < 4.78 is 0. The summed E-state index contributed by atoms with van der Waals surface area (Å²) in [6, 6.07) is 1.32. The van der Waals surface area contributed by atoms with Gasteiger partial charge in [-0.15, -0.1) is 12.3 Å². The molecule has 104 valence electrons. The maximum atomic E-state index is 5.35. The molecule has 1 rings (SSSR count). The maximum absolute atomic E-state index is 5.35. The summed E-state index contributed by atoms with van der Waals surface area (Å²) in [7, 11) is 0. The first-order valence-electron chi connectivity index (χ1n) is 7.51. The van der Waals surface area contributed by atoms with Crippen LogP contribution in [0.1, 0.15) is 47.0 Å². The monoisotopic (exact) mass is 250 g/mol. The third kappa shape index (κ3) is 4.30. The molecule has 2 heteroatoms. The van der Waals surface area contributed by atoms with Crippen molar-refractivity contribution < 1.29 is 0 Å². The molecule has 3 atom stereocenters. The third-order valence-electron chi connectivity index (χ3n) is 4.36. The Morgan fingerprint density at radius 1 is 1.39 bits per heavy atom. The van der Waals surface area contributed by atoms with Gasteiger partial charge in [0.1, 0.15) is 0 Å². The highest BCUT2D eigenvalue weighted by Gasteiger charge is 2.31. The van der Waals surface area contributed by atoms with Gasteiger partial charge in [0.05, 0.1) is 0 Å². The Morgan fingerprint density at radius 3 is 2.67 bits per heavy atom. The Balaban J connectivity index is 2.56. The van der Waals surface area contributed by atoms with E-state index >= 15 is 0 Å². The van der Waals surface area contributed by atoms with Crippen molar-refractivity contribution in [3.05, 3.63) is 0 Å². The van der Waals surface area contributed by atoms with Crippen molar-refractivity contribution in [2.75, 3.05) is 19.6 Å². The highest BCUT2D eigenvalue weighted by atomic mass is 15.2. The molecular weight excluding hydrogens is 220 g/mol. The molecule has 0 aromatic heterocycles. The second-order valence-electron chi connectivity index (χ2n) is 6.01. The molecule has 1 saturated heterocycles. The highest BCUT2D eigenvalue weighted by Crippen LogP contribution is 2.20. The van der Waals surface area contributed by atoms with Gasteiger partial charge in [-0.2, -0.15) is 0 Å². The number of hydrogen-bond acceptors (Lipinski definition) is 2. The molecule has 1 aliphatic heterocycles. The van der Waals surface area contributed by atoms with Crippen molar-refractivity contribution in [2.24, 2.45) is 11.8 Å². The number of nitrogens with one attached hydrogen (secondary N) is 1. The van der Waals surface area contributed by atoms with Crippen molar-refractivity contribution >= 4 is 0 Å². The number of terminal acetylenes is 1. The smallest absolute Gasteiger partial charge is 0.0244 e. The first-order chi connectivity index (χ1) is 8.60. The van der Waals surface area contributed by atoms with Crippen LogP contribution in [-0.2, 0) is 0 Å². The van der Waals surface area contributed by atoms with Crippen molar-refractivity contribution in [3.63, 3.8) is 0 Å². The van der Waals surface area contributed by atoms with Crippen molar-refractivity contribution in [2.45, 2.75) is 59.0 Å². The van der Waals surface area contributed by atoms with Gasteiger partial charge in [-0.1, -0.05) is 34.1 Å². The molecule has 1 heterocycles. The van der Waals surface area contributed by atoms with E-state index in [4.69, 9.17) is 6.42 Å². The first kappa shape index (κ1) is 15.5. The molecule has 1 N–H and O–H groups in total. The minimum Gasteiger partial charge on any atom is -0.311 e. The largest absolute Gasteiger partial charge is 0.311 e. The fourth-order valence-corrected chi connectivity index (χ4v) is 2.82. The SMILES string of the molecule is C#CCCCN1CC(C(C)CC)NCC1C(C)C. The van der Waals surface area contributed by atoms with Gasteiger partial charge in [-0.3, -0.25) is 4.90 Å². The number of nitrogens with zero attached hydrogens (tertiary/aromatic N) is 1. The molecule has 2 nitrogen and oxygen atoms in total. The average Bonchev–Trinajstić information content (AvgIpc) is 2.37. The third-order valence-corrected chi connectivity index (χ3v) is 4.36. The lowest BCUT2D eigenvalue weighted by Crippen LogP contribution is -2.60. The highest BCUT2D eigenvalue weighted by molar-refractivity contribution is 4.90. The van der Waals surface area contributed by atoms with E-state index in [-0.39, 0.29) is 0 Å². The fraction of sp³-hybridized carbons (Fsp3) is 0.875. The lowest BCUT2D eigenvalue weighted by atomic mass is 9.92. The summed E-state index contributed by atoms with van der Waals surface area (Å²) in [4.78, 5) is 2.66. The number of piperazine rings is 1. The molecule has 1 aliphatic rings. The number of unbranched alkanes of at least 4 members (excludes halogenated alkanes) is 1. The van der Waals surface area contributed by atoms with Gasteiger partial charge in [0.2, 0.25) is 0 Å². The molecule has 0 saturated carbocycles. The van der Waals surface area contributed by atoms with Crippen LogP contribution in [-0.4, -0.2) is 36.6 Å². The van der Waals surface area contributed by atoms with Crippen LogP contribution >= 0.6 is 0 Å². The summed E-state index contributed by atoms with van der Waals surface area (Å²) in [5.74, 6) is 4.22. The molecule has 0 radical (unpaired) electrons. The number of rotatable bonds is 6. The van der Waals surface area contributed by atoms with Crippen LogP contribution in [0.25, 0.3) is 0 Å². The zero-order valence-electron chi connectivity index (χ0n) is 12.6. The molecule has 0 aromatic rings. The van der Waals surface area contributed by atoms with E-state index in [0.717, 1.165) is 31.8 Å². The minimum absolute atomic E-state index is 0.649. The predicted octanol–water partition coefficient (Wildman–Crippen LogP) is 2.74. The Morgan fingerprint density at radius 2 is 2.11 bits per heavy atom. The zero-order valence-corrected chi connectivity index (χ0v) is 12.6. The minimum atomic E-state index is 0.649. The molecule has 0 aliphatic carbocycles. The lowest BCUT2D eigenvalue weighted by molar-refractivity contribution is 0.0813. The van der Waals surface area contributed by atoms with Gasteiger partial charge in [0.25, 0.3) is 0 Å². The molecule has 0 aromatic carbocycles. The predicted molar refractivity (Wildman–Crippen MR) is 79.5 cm³/mol. The summed E-state index contributed by atoms with van der Waals surface area (Å²) in [6.45, 7) is 12.7. The average molecular weight is 250 g/mol. The van der Waals surface area contributed by atoms with Gasteiger partial charge in [0.15, 0.2) is 0 Å². The first-order valence-corrected chi connectivity index (χ1v) is 7.51. The van der Waals surface area contributed by atoms with E-state index in [9.17, 15) is 0 Å². The van der Waals surface area contributed by atoms with Crippen LogP contribution in [0.15, 0.2) is 0 Å². The van der Waals surface area contributed by atoms with Crippen molar-refractivity contribution in [1.82, 2.24) is 10.2 Å². The maximum Gasteiger partial charge on any atom is 0.0244 e. The number of hydrogen-bond donors (Lipinski definition) is 1. The van der Waals surface area contributed by atoms with E-state index in [0.29, 0.717) is 18.0 Å². The summed E-state index contributed by atoms with van der Waals surface area (Å²) in [5.41, 5.74) is 0. The van der Waals surface area contributed by atoms with E-state index in [2.05, 4.69) is 43.8 Å². The summed E-state index contributed by atoms with van der Waals surface area (Å²) in [5, 5.41) is 3.74. The van der Waals surface area contributed by atoms with Gasteiger partial charge in [0, 0.05) is 31.6 Å². The molecule has 0 spiro atoms. The molecular formula is C16H30N2. The Kier molecular flexibility index (Phi) is 6.75. The Bertz CT molecular complexity index is 267. The zero-order chi connectivity index (χ0) is 13.5. The fourth-order valence-electron chi connectivity index (χ4n) is 2.82. The van der Waals surface area contributed by atoms with Gasteiger partial charge in [-0.05, 0) is 24.8 Å². The quantitative estimate of drug-likeness (QED) is 0.576. The van der Waals surface area contributed by atoms with Crippen LogP contribution in [0.4, 0.5) is 0 Å². The van der Waals surface area contributed by atoms with Crippen LogP contribution in [0.3, 0.4) is 0 Å². The Labute approximate surface area is 114 Å². The lowest BCUT2D eigenvalue weighted by Gasteiger charge is -2.44. The second kappa shape index (κ2) is 7.81. The van der Waals surface area contributed by atoms with Crippen LogP contribution in [0, 0.1) is 24.2 Å². The summed E-state index contributed by atoms with van der Waals surface area (Å²) in [6.07, 6.45) is 8.64. The van der Waals surface area contributed by atoms with E-state index in [1.807, 2.05) is 0 Å². The van der Waals surface area contributed by atoms with Crippen LogP contribution in [0.5, 0.6) is 0 Å². The topological polar surface area (TPSA) is 15.3 Å². The molecule has 0 bridgehead atoms. The molecule has 1 fully saturated rings. The van der Waals surface area contributed by atoms with Crippen molar-refractivity contribution in [3.8, 4) is 12.3 Å². The molecule has 18 heavy (non-hydrogen) atoms. The Hall–Kier alpha value is -0.520. The van der Waals surface area contributed by atoms with Crippen molar-refractivity contribution in [1.29, 1.82) is 0 Å². The molecule has 3 unspecified atom stereocenters.